The van der Waals surface area contributed by atoms with Gasteiger partial charge in [-0.25, -0.2) is 0 Å². The van der Waals surface area contributed by atoms with Gasteiger partial charge in [0, 0.05) is 45.6 Å². The van der Waals surface area contributed by atoms with E-state index in [-0.39, 0.29) is 34.7 Å². The van der Waals surface area contributed by atoms with E-state index in [2.05, 4.69) is 39.0 Å². The first-order chi connectivity index (χ1) is 36.9. The number of rotatable bonds is 8. The number of aromatic hydroxyl groups is 5. The van der Waals surface area contributed by atoms with Crippen LogP contribution in [0, 0.1) is 0 Å². The molecule has 2 heterocycles. The van der Waals surface area contributed by atoms with Crippen LogP contribution in [0.1, 0.15) is 96.4 Å². The second-order valence-corrected chi connectivity index (χ2v) is 20.5. The molecule has 0 amide bonds. The minimum Gasteiger partial charge on any atom is -0.508 e. The van der Waals surface area contributed by atoms with Gasteiger partial charge in [-0.15, -0.1) is 0 Å². The first-order valence-corrected chi connectivity index (χ1v) is 25.7. The van der Waals surface area contributed by atoms with Crippen molar-refractivity contribution in [2.75, 3.05) is 0 Å². The molecule has 0 saturated heterocycles. The van der Waals surface area contributed by atoms with Gasteiger partial charge in [0.2, 0.25) is 0 Å². The predicted octanol–water partition coefficient (Wildman–Crippen LogP) is 17.3. The minimum atomic E-state index is -0.460. The number of allylic oxidation sites excluding steroid dienone is 4. The normalized spacial score (nSPS) is 13.7. The molecule has 8 heteroatoms. The van der Waals surface area contributed by atoms with Crippen molar-refractivity contribution in [3.63, 3.8) is 0 Å². The van der Waals surface area contributed by atoms with Crippen molar-refractivity contribution in [1.82, 2.24) is 0 Å². The average Bonchev–Trinajstić information content (AvgIpc) is 3.42. The van der Waals surface area contributed by atoms with Crippen molar-refractivity contribution in [2.45, 2.75) is 51.9 Å². The van der Waals surface area contributed by atoms with Crippen LogP contribution in [0.5, 0.6) is 57.5 Å². The Balaban J connectivity index is 1.17. The lowest BCUT2D eigenvalue weighted by Gasteiger charge is -2.34. The Hall–Kier alpha value is -9.40. The topological polar surface area (TPSA) is 129 Å². The number of ether oxygens (including phenoxy) is 3. The zero-order chi connectivity index (χ0) is 52.1. The smallest absolute Gasteiger partial charge is 0.132 e. The van der Waals surface area contributed by atoms with Crippen LogP contribution in [0.3, 0.4) is 0 Å². The fraction of sp³-hybridized carbons (Fsp3) is 0.118. The summed E-state index contributed by atoms with van der Waals surface area (Å²) < 4.78 is 20.8. The maximum Gasteiger partial charge on any atom is 0.132 e. The van der Waals surface area contributed by atoms with Gasteiger partial charge in [0.05, 0.1) is 0 Å². The number of benzene rings is 11. The molecular formula is C68H52O8. The zero-order valence-corrected chi connectivity index (χ0v) is 42.2. The molecule has 11 aromatic carbocycles. The third kappa shape index (κ3) is 7.75. The molecule has 0 aromatic heterocycles. The summed E-state index contributed by atoms with van der Waals surface area (Å²) >= 11 is 0. The highest BCUT2D eigenvalue weighted by atomic mass is 16.5. The molecule has 13 rings (SSSR count). The summed E-state index contributed by atoms with van der Waals surface area (Å²) in [6.07, 6.45) is 4.69. The highest BCUT2D eigenvalue weighted by Gasteiger charge is 2.37. The van der Waals surface area contributed by atoms with Crippen LogP contribution in [-0.2, 0) is 0 Å². The highest BCUT2D eigenvalue weighted by Crippen LogP contribution is 2.57. The quantitative estimate of drug-likeness (QED) is 0.0752. The summed E-state index contributed by atoms with van der Waals surface area (Å²) in [4.78, 5) is 0. The van der Waals surface area contributed by atoms with Crippen LogP contribution in [0.15, 0.2) is 193 Å². The second-order valence-electron chi connectivity index (χ2n) is 20.5. The molecule has 5 N–H and O–H groups in total. The molecule has 0 fully saturated rings. The van der Waals surface area contributed by atoms with Gasteiger partial charge in [-0.05, 0) is 195 Å². The number of phenols is 5. The van der Waals surface area contributed by atoms with Gasteiger partial charge >= 0.3 is 0 Å². The summed E-state index contributed by atoms with van der Waals surface area (Å²) in [6.45, 7) is 8.27. The van der Waals surface area contributed by atoms with Gasteiger partial charge in [-0.1, -0.05) is 97.4 Å². The molecule has 0 radical (unpaired) electrons. The number of hydrogen-bond donors (Lipinski definition) is 5. The third-order valence-electron chi connectivity index (χ3n) is 15.4. The van der Waals surface area contributed by atoms with E-state index in [1.807, 2.05) is 110 Å². The molecule has 0 unspecified atom stereocenters. The molecule has 0 saturated carbocycles. The highest BCUT2D eigenvalue weighted by molar-refractivity contribution is 5.98. The Bertz CT molecular complexity index is 3920. The van der Waals surface area contributed by atoms with Crippen molar-refractivity contribution in [2.24, 2.45) is 0 Å². The maximum absolute atomic E-state index is 10.9. The first kappa shape index (κ1) is 46.4. The van der Waals surface area contributed by atoms with Gasteiger partial charge < -0.3 is 39.7 Å². The van der Waals surface area contributed by atoms with Crippen molar-refractivity contribution in [1.29, 1.82) is 0 Å². The molecule has 0 aliphatic carbocycles. The van der Waals surface area contributed by atoms with Crippen LogP contribution in [0.25, 0.3) is 53.9 Å². The maximum atomic E-state index is 10.9. The van der Waals surface area contributed by atoms with E-state index in [1.165, 1.54) is 0 Å². The standard InChI is InChI=1S/C68H52O8/c1-5-51(64-52-18-13-46(69)31-38(52)8-23-57(64)74-37(4)7-6-36(2)3)43-28-44(62-65-53-19-14-47(70)32-39(53)9-24-58(65)75-59-25-10-40-33-48(71)15-20-54(40)66(59)62)30-45(29-43)63-67-55-21-16-49(72)34-41(55)11-26-60(67)76-61-27-12-42-35-50(73)17-22-56(42)68(61)63/h6-35,51,62-63,69-73H,5H2,1-4H3/b37-7+/t51-/m1/s1. The van der Waals surface area contributed by atoms with Crippen LogP contribution in [0.2, 0.25) is 0 Å². The number of hydrogen-bond acceptors (Lipinski definition) is 8. The SMILES string of the molecule is CC[C@H](c1cc(C2c3c(ccc4cc(O)ccc34)Oc3ccc4cc(O)ccc4c32)cc(C2c3c(ccc4cc(O)ccc34)Oc3ccc4cc(O)ccc4c32)c1)c1c(O/C(C)=C/C=C(C)C)ccc2cc(O)ccc12. The largest absolute Gasteiger partial charge is 0.508 e. The molecule has 76 heavy (non-hydrogen) atoms. The lowest BCUT2D eigenvalue weighted by molar-refractivity contribution is 0.421. The Morgan fingerprint density at radius 3 is 1.16 bits per heavy atom. The van der Waals surface area contributed by atoms with Gasteiger partial charge in [0.15, 0.2) is 0 Å². The van der Waals surface area contributed by atoms with Gasteiger partial charge in [-0.2, -0.15) is 0 Å². The van der Waals surface area contributed by atoms with E-state index in [0.29, 0.717) is 35.2 Å². The van der Waals surface area contributed by atoms with Gasteiger partial charge in [0.25, 0.3) is 0 Å². The fourth-order valence-corrected chi connectivity index (χ4v) is 12.1. The van der Waals surface area contributed by atoms with E-state index < -0.39 is 11.8 Å². The molecule has 2 aliphatic heterocycles. The molecule has 11 aromatic rings. The summed E-state index contributed by atoms with van der Waals surface area (Å²) in [5.74, 6) is 3.77. The van der Waals surface area contributed by atoms with Crippen LogP contribution in [-0.4, -0.2) is 25.5 Å². The summed E-state index contributed by atoms with van der Waals surface area (Å²) in [6, 6.07) is 54.3. The third-order valence-corrected chi connectivity index (χ3v) is 15.4. The van der Waals surface area contributed by atoms with Crippen molar-refractivity contribution >= 4 is 53.9 Å². The van der Waals surface area contributed by atoms with E-state index in [1.54, 1.807) is 60.7 Å². The minimum absolute atomic E-state index is 0.155. The van der Waals surface area contributed by atoms with Crippen LogP contribution in [0.4, 0.5) is 0 Å². The number of fused-ring (bicyclic) bond motifs is 13. The predicted molar refractivity (Wildman–Crippen MR) is 302 cm³/mol. The molecule has 0 bridgehead atoms. The molecule has 1 atom stereocenters. The Morgan fingerprint density at radius 2 is 0.789 bits per heavy atom. The van der Waals surface area contributed by atoms with E-state index in [0.717, 1.165) is 110 Å². The lowest BCUT2D eigenvalue weighted by atomic mass is 9.73. The van der Waals surface area contributed by atoms with Gasteiger partial charge in [0.1, 0.15) is 63.3 Å². The summed E-state index contributed by atoms with van der Waals surface area (Å²) in [7, 11) is 0. The Labute approximate surface area is 438 Å². The zero-order valence-electron chi connectivity index (χ0n) is 42.2. The average molecular weight is 997 g/mol. The van der Waals surface area contributed by atoms with E-state index in [4.69, 9.17) is 14.2 Å². The molecule has 8 nitrogen and oxygen atoms in total. The van der Waals surface area contributed by atoms with Crippen LogP contribution < -0.4 is 14.2 Å². The Kier molecular flexibility index (Phi) is 10.9. The summed E-state index contributed by atoms with van der Waals surface area (Å²) in [5, 5.41) is 63.4. The van der Waals surface area contributed by atoms with Gasteiger partial charge in [-0.3, -0.25) is 0 Å². The van der Waals surface area contributed by atoms with Crippen LogP contribution >= 0.6 is 0 Å². The second kappa shape index (κ2) is 17.9. The molecule has 372 valence electrons. The fourth-order valence-electron chi connectivity index (χ4n) is 12.1. The van der Waals surface area contributed by atoms with Crippen molar-refractivity contribution in [3.8, 4) is 57.5 Å². The van der Waals surface area contributed by atoms with E-state index in [9.17, 15) is 25.5 Å². The molecule has 0 spiro atoms. The molecule has 2 aliphatic rings. The van der Waals surface area contributed by atoms with Crippen molar-refractivity contribution in [3.05, 3.63) is 238 Å². The lowest BCUT2D eigenvalue weighted by Crippen LogP contribution is -2.17. The van der Waals surface area contributed by atoms with Crippen molar-refractivity contribution < 1.29 is 39.7 Å². The number of phenolic OH excluding ortho intramolecular Hbond substituents is 5. The van der Waals surface area contributed by atoms with E-state index >= 15 is 0 Å². The first-order valence-electron chi connectivity index (χ1n) is 25.7. The molecular weight excluding hydrogens is 945 g/mol. The monoisotopic (exact) mass is 996 g/mol. The Morgan fingerprint density at radius 1 is 0.434 bits per heavy atom. The summed E-state index contributed by atoms with van der Waals surface area (Å²) in [5.41, 5.74) is 8.80.